The molecule has 1 atom stereocenters. The number of carboxylic acid groups (broad SMARTS) is 1. The number of allylic oxidation sites excluding steroid dienone is 4. The molecule has 1 saturated heterocycles. The summed E-state index contributed by atoms with van der Waals surface area (Å²) in [5, 5.41) is 21.6. The van der Waals surface area contributed by atoms with Crippen LogP contribution < -0.4 is 14.2 Å². The quantitative estimate of drug-likeness (QED) is 0.0987. The molecule has 1 aliphatic carbocycles. The number of benzene rings is 3. The Kier molecular flexibility index (Phi) is 13.6. The van der Waals surface area contributed by atoms with Crippen molar-refractivity contribution in [3.63, 3.8) is 0 Å². The topological polar surface area (TPSA) is 156 Å². The maximum atomic E-state index is 13.0. The molecule has 4 heterocycles. The molecule has 0 amide bonds. The lowest BCUT2D eigenvalue weighted by molar-refractivity contribution is -0.145. The number of nitriles is 1. The Balaban J connectivity index is 1.09. The van der Waals surface area contributed by atoms with E-state index in [0.717, 1.165) is 66.3 Å². The summed E-state index contributed by atoms with van der Waals surface area (Å²) < 4.78 is 29.9. The van der Waals surface area contributed by atoms with Crippen LogP contribution in [0.3, 0.4) is 0 Å². The summed E-state index contributed by atoms with van der Waals surface area (Å²) in [6.45, 7) is 7.49. The van der Waals surface area contributed by atoms with Crippen LogP contribution in [0.1, 0.15) is 42.1 Å². The third-order valence-electron chi connectivity index (χ3n) is 11.3. The van der Waals surface area contributed by atoms with Gasteiger partial charge in [0.1, 0.15) is 30.5 Å². The van der Waals surface area contributed by atoms with E-state index in [1.807, 2.05) is 61.5 Å². The Hall–Kier alpha value is -6.37. The number of pyridine rings is 1. The molecule has 63 heavy (non-hydrogen) atoms. The molecule has 0 radical (unpaired) electrons. The van der Waals surface area contributed by atoms with Crippen LogP contribution in [0.25, 0.3) is 38.3 Å². The number of ether oxygens (including phenoxy) is 4. The maximum absolute atomic E-state index is 13.0. The third kappa shape index (κ3) is 9.82. The van der Waals surface area contributed by atoms with Gasteiger partial charge in [0, 0.05) is 69.1 Å². The van der Waals surface area contributed by atoms with E-state index in [-0.39, 0.29) is 18.9 Å². The van der Waals surface area contributed by atoms with Crippen LogP contribution in [0, 0.1) is 11.3 Å². The van der Waals surface area contributed by atoms with Gasteiger partial charge in [0.15, 0.2) is 5.82 Å². The number of carboxylic acids is 1. The number of halogens is 1. The lowest BCUT2D eigenvalue weighted by Crippen LogP contribution is -2.45. The zero-order chi connectivity index (χ0) is 43.9. The minimum atomic E-state index is -1.34. The minimum absolute atomic E-state index is 0.0244. The van der Waals surface area contributed by atoms with E-state index in [0.29, 0.717) is 74.4 Å². The van der Waals surface area contributed by atoms with Crippen molar-refractivity contribution in [3.05, 3.63) is 130 Å². The number of likely N-dealkylation sites (N-methyl/N-ethyl adjacent to an activating group) is 1. The highest BCUT2D eigenvalue weighted by Gasteiger charge is 2.30. The van der Waals surface area contributed by atoms with Gasteiger partial charge >= 0.3 is 5.97 Å². The van der Waals surface area contributed by atoms with Crippen molar-refractivity contribution in [2.45, 2.75) is 38.9 Å². The monoisotopic (exact) mass is 883 g/mol. The fraction of sp³-hybridized carbons (Fsp3) is 0.292. The standard InChI is InChI=1S/C48H46ClN7O6S/c1-30-35(15-16-39(44(30)49)60-24-23-56-21-19-55(2)20-22-56)42-43-41(28-52-45(42)33-11-8-9-31(25-33)27-50)63-54-47(43)62-40(48(57)58)26-32-10-4-6-13-37(32)61-29-34-17-18-51-46(53-34)36-12-5-7-14-38(36)59-3/h4-14,17-18,25,28,40H,15-16,19-24,26,29H2,1-3H3,(H,57,58)/t40-/m1/s1. The van der Waals surface area contributed by atoms with Gasteiger partial charge in [-0.15, -0.1) is 0 Å². The zero-order valence-electron chi connectivity index (χ0n) is 35.2. The van der Waals surface area contributed by atoms with Crippen LogP contribution in [-0.2, 0) is 22.6 Å². The molecule has 15 heteroatoms. The molecule has 6 aromatic rings. The lowest BCUT2D eigenvalue weighted by Gasteiger charge is -2.32. The van der Waals surface area contributed by atoms with Gasteiger partial charge in [-0.05, 0) is 85.0 Å². The molecular formula is C48H46ClN7O6S. The highest BCUT2D eigenvalue weighted by atomic mass is 35.5. The van der Waals surface area contributed by atoms with Crippen LogP contribution >= 0.6 is 23.1 Å². The number of hydrogen-bond donors (Lipinski definition) is 1. The average Bonchev–Trinajstić information content (AvgIpc) is 3.73. The summed E-state index contributed by atoms with van der Waals surface area (Å²) in [6, 6.07) is 26.0. The molecule has 1 N–H and O–H groups in total. The van der Waals surface area contributed by atoms with Crippen LogP contribution in [0.2, 0.25) is 0 Å². The van der Waals surface area contributed by atoms with E-state index in [1.54, 1.807) is 43.8 Å². The number of aromatic nitrogens is 4. The van der Waals surface area contributed by atoms with Crippen molar-refractivity contribution in [2.24, 2.45) is 0 Å². The molecule has 0 saturated carbocycles. The van der Waals surface area contributed by atoms with E-state index in [2.05, 4.69) is 32.3 Å². The Morgan fingerprint density at radius 1 is 0.984 bits per heavy atom. The van der Waals surface area contributed by atoms with Gasteiger partial charge in [-0.1, -0.05) is 54.1 Å². The average molecular weight is 884 g/mol. The van der Waals surface area contributed by atoms with Crippen LogP contribution in [-0.4, -0.2) is 99.8 Å². The van der Waals surface area contributed by atoms with Gasteiger partial charge in [0.2, 0.25) is 12.0 Å². The van der Waals surface area contributed by atoms with Gasteiger partial charge in [0.25, 0.3) is 0 Å². The number of carbonyl (C=O) groups is 1. The molecule has 1 fully saturated rings. The molecule has 1 aliphatic heterocycles. The number of methoxy groups -OCH3 is 1. The number of rotatable bonds is 16. The number of para-hydroxylation sites is 2. The summed E-state index contributed by atoms with van der Waals surface area (Å²) in [5.41, 5.74) is 6.27. The first-order valence-electron chi connectivity index (χ1n) is 20.7. The molecule has 3 aromatic heterocycles. The zero-order valence-corrected chi connectivity index (χ0v) is 36.8. The molecule has 322 valence electrons. The molecule has 0 bridgehead atoms. The van der Waals surface area contributed by atoms with Gasteiger partial charge < -0.3 is 29.0 Å². The first kappa shape index (κ1) is 43.3. The van der Waals surface area contributed by atoms with Crippen LogP contribution in [0.4, 0.5) is 0 Å². The predicted octanol–water partition coefficient (Wildman–Crippen LogP) is 8.63. The highest BCUT2D eigenvalue weighted by molar-refractivity contribution is 7.13. The van der Waals surface area contributed by atoms with Crippen molar-refractivity contribution in [3.8, 4) is 46.1 Å². The molecule has 13 nitrogen and oxygen atoms in total. The van der Waals surface area contributed by atoms with Crippen LogP contribution in [0.5, 0.6) is 17.4 Å². The molecule has 3 aromatic carbocycles. The van der Waals surface area contributed by atoms with E-state index >= 15 is 0 Å². The Labute approximate surface area is 375 Å². The van der Waals surface area contributed by atoms with E-state index in [4.69, 9.17) is 40.5 Å². The Bertz CT molecular complexity index is 2740. The van der Waals surface area contributed by atoms with E-state index in [1.165, 1.54) is 11.5 Å². The normalized spacial score (nSPS) is 15.3. The second-order valence-electron chi connectivity index (χ2n) is 15.4. The smallest absolute Gasteiger partial charge is 0.345 e. The summed E-state index contributed by atoms with van der Waals surface area (Å²) in [5.74, 6) is 1.37. The fourth-order valence-electron chi connectivity index (χ4n) is 7.85. The second-order valence-corrected chi connectivity index (χ2v) is 16.5. The summed E-state index contributed by atoms with van der Waals surface area (Å²) in [4.78, 5) is 31.8. The molecule has 0 unspecified atom stereocenters. The van der Waals surface area contributed by atoms with E-state index < -0.39 is 12.1 Å². The molecular weight excluding hydrogens is 838 g/mol. The number of aliphatic carboxylic acids is 1. The summed E-state index contributed by atoms with van der Waals surface area (Å²) in [7, 11) is 3.74. The fourth-order valence-corrected chi connectivity index (χ4v) is 8.81. The van der Waals surface area contributed by atoms with Crippen molar-refractivity contribution in [2.75, 3.05) is 53.5 Å². The number of piperazine rings is 1. The van der Waals surface area contributed by atoms with Gasteiger partial charge in [-0.2, -0.15) is 9.64 Å². The second kappa shape index (κ2) is 19.8. The first-order chi connectivity index (χ1) is 30.7. The molecule has 0 spiro atoms. The lowest BCUT2D eigenvalue weighted by atomic mass is 9.87. The number of nitrogens with zero attached hydrogens (tertiary/aromatic N) is 7. The van der Waals surface area contributed by atoms with Crippen molar-refractivity contribution in [1.29, 1.82) is 5.26 Å². The van der Waals surface area contributed by atoms with Gasteiger partial charge in [0.05, 0.1) is 50.8 Å². The first-order valence-corrected chi connectivity index (χ1v) is 21.8. The van der Waals surface area contributed by atoms with Gasteiger partial charge in [-0.3, -0.25) is 9.88 Å². The summed E-state index contributed by atoms with van der Waals surface area (Å²) in [6.07, 6.45) is 3.15. The maximum Gasteiger partial charge on any atom is 0.345 e. The Morgan fingerprint density at radius 3 is 2.57 bits per heavy atom. The van der Waals surface area contributed by atoms with Crippen molar-refractivity contribution < 1.29 is 28.8 Å². The predicted molar refractivity (Wildman–Crippen MR) is 243 cm³/mol. The van der Waals surface area contributed by atoms with Gasteiger partial charge in [-0.25, -0.2) is 14.8 Å². The van der Waals surface area contributed by atoms with Crippen LogP contribution in [0.15, 0.2) is 108 Å². The highest BCUT2D eigenvalue weighted by Crippen LogP contribution is 2.46. The number of fused-ring (bicyclic) bond motifs is 1. The molecule has 2 aliphatic rings. The number of hydrogen-bond acceptors (Lipinski definition) is 13. The SMILES string of the molecule is COc1ccccc1-c1nccc(COc2ccccc2C[C@@H](Oc2nsc3cnc(-c4cccc(C#N)c4)c(C4=C(C)C(Cl)=C(OCCN5CCN(C)CC5)CC4)c23)C(=O)O)n1. The third-order valence-corrected chi connectivity index (χ3v) is 12.6. The molecule has 8 rings (SSSR count). The van der Waals surface area contributed by atoms with Crippen molar-refractivity contribution in [1.82, 2.24) is 29.1 Å². The minimum Gasteiger partial charge on any atom is -0.496 e. The largest absolute Gasteiger partial charge is 0.496 e. The Morgan fingerprint density at radius 2 is 1.78 bits per heavy atom. The summed E-state index contributed by atoms with van der Waals surface area (Å²) >= 11 is 8.31. The van der Waals surface area contributed by atoms with Crippen molar-refractivity contribution >= 4 is 44.8 Å². The van der Waals surface area contributed by atoms with E-state index in [9.17, 15) is 15.2 Å².